The highest BCUT2D eigenvalue weighted by Gasteiger charge is 2.17. The van der Waals surface area contributed by atoms with Crippen LogP contribution < -0.4 is 11.0 Å². The van der Waals surface area contributed by atoms with E-state index >= 15 is 0 Å². The van der Waals surface area contributed by atoms with Gasteiger partial charge in [0.15, 0.2) is 5.69 Å². The van der Waals surface area contributed by atoms with Crippen LogP contribution in [0.5, 0.6) is 0 Å². The van der Waals surface area contributed by atoms with Gasteiger partial charge in [-0.15, -0.1) is 0 Å². The van der Waals surface area contributed by atoms with Crippen molar-refractivity contribution in [3.8, 4) is 0 Å². The van der Waals surface area contributed by atoms with Gasteiger partial charge in [0.1, 0.15) is 0 Å². The van der Waals surface area contributed by atoms with Gasteiger partial charge in [0.05, 0.1) is 5.39 Å². The number of fused-ring (bicyclic) bond motifs is 1. The largest absolute Gasteiger partial charge is 0.286 e. The van der Waals surface area contributed by atoms with Crippen molar-refractivity contribution in [2.45, 2.75) is 13.1 Å². The molecule has 0 saturated carbocycles. The number of hydrogen-bond acceptors (Lipinski definition) is 4. The summed E-state index contributed by atoms with van der Waals surface area (Å²) in [5.41, 5.74) is 4.97. The quantitative estimate of drug-likeness (QED) is 0.500. The van der Waals surface area contributed by atoms with E-state index in [9.17, 15) is 9.59 Å². The maximum atomic E-state index is 13.0. The molecule has 0 bridgehead atoms. The number of rotatable bonds is 6. The van der Waals surface area contributed by atoms with Gasteiger partial charge in [-0.25, -0.2) is 10.1 Å². The average Bonchev–Trinajstić information content (AvgIpc) is 2.75. The number of hydrogen-bond donors (Lipinski definition) is 2. The first-order chi connectivity index (χ1) is 14.2. The van der Waals surface area contributed by atoms with Gasteiger partial charge < -0.3 is 0 Å². The molecule has 6 nitrogen and oxygen atoms in total. The highest BCUT2D eigenvalue weighted by Crippen LogP contribution is 2.14. The second kappa shape index (κ2) is 8.50. The number of nitrogens with zero attached hydrogens (tertiary/aromatic N) is 2. The van der Waals surface area contributed by atoms with Gasteiger partial charge in [-0.05, 0) is 17.2 Å². The van der Waals surface area contributed by atoms with Gasteiger partial charge in [-0.2, -0.15) is 5.10 Å². The van der Waals surface area contributed by atoms with Crippen LogP contribution in [-0.4, -0.2) is 21.1 Å². The van der Waals surface area contributed by atoms with Crippen molar-refractivity contribution in [1.29, 1.82) is 0 Å². The second-order valence-electron chi connectivity index (χ2n) is 6.72. The van der Waals surface area contributed by atoms with Crippen molar-refractivity contribution in [2.24, 2.45) is 0 Å². The van der Waals surface area contributed by atoms with Gasteiger partial charge >= 0.3 is 0 Å². The Labute approximate surface area is 167 Å². The zero-order valence-electron chi connectivity index (χ0n) is 15.7. The zero-order chi connectivity index (χ0) is 20.1. The highest BCUT2D eigenvalue weighted by molar-refractivity contribution is 6.04. The predicted molar refractivity (Wildman–Crippen MR) is 112 cm³/mol. The van der Waals surface area contributed by atoms with E-state index in [-0.39, 0.29) is 17.2 Å². The molecule has 1 aromatic heterocycles. The van der Waals surface area contributed by atoms with Crippen LogP contribution >= 0.6 is 0 Å². The van der Waals surface area contributed by atoms with Crippen LogP contribution in [0.25, 0.3) is 10.8 Å². The average molecular weight is 384 g/mol. The number of aromatic nitrogens is 2. The minimum absolute atomic E-state index is 0.186. The lowest BCUT2D eigenvalue weighted by Gasteiger charge is -2.23. The molecule has 4 aromatic rings. The van der Waals surface area contributed by atoms with E-state index in [4.69, 9.17) is 0 Å². The fourth-order valence-corrected chi connectivity index (χ4v) is 3.23. The molecule has 0 fully saturated rings. The van der Waals surface area contributed by atoms with E-state index in [1.807, 2.05) is 65.7 Å². The van der Waals surface area contributed by atoms with Gasteiger partial charge in [0.2, 0.25) is 0 Å². The van der Waals surface area contributed by atoms with Crippen LogP contribution in [0.2, 0.25) is 0 Å². The number of carbonyl (C=O) groups is 1. The topological polar surface area (TPSA) is 78.1 Å². The molecule has 0 aliphatic carbocycles. The zero-order valence-corrected chi connectivity index (χ0v) is 15.7. The maximum absolute atomic E-state index is 13.0. The Bertz CT molecular complexity index is 1130. The number of carbonyl (C=O) groups excluding carboxylic acids is 1. The molecular formula is C23H20N4O2. The molecule has 3 aromatic carbocycles. The van der Waals surface area contributed by atoms with Crippen LogP contribution in [-0.2, 0) is 13.1 Å². The Morgan fingerprint density at radius 2 is 1.31 bits per heavy atom. The van der Waals surface area contributed by atoms with Crippen molar-refractivity contribution in [3.63, 3.8) is 0 Å². The molecule has 0 aliphatic heterocycles. The number of nitrogens with one attached hydrogen (secondary N) is 2. The van der Waals surface area contributed by atoms with Gasteiger partial charge in [0.25, 0.3) is 11.5 Å². The normalized spacial score (nSPS) is 10.9. The fourth-order valence-electron chi connectivity index (χ4n) is 3.23. The number of H-pyrrole nitrogens is 1. The monoisotopic (exact) mass is 384 g/mol. The molecule has 0 aliphatic rings. The van der Waals surface area contributed by atoms with Crippen LogP contribution in [0, 0.1) is 0 Å². The molecule has 1 heterocycles. The van der Waals surface area contributed by atoms with E-state index in [2.05, 4.69) is 15.6 Å². The molecule has 0 unspecified atom stereocenters. The van der Waals surface area contributed by atoms with Crippen LogP contribution in [0.4, 0.5) is 0 Å². The molecule has 0 spiro atoms. The molecule has 1 amide bonds. The Balaban J connectivity index is 1.62. The summed E-state index contributed by atoms with van der Waals surface area (Å²) in [6.45, 7) is 1.06. The molecule has 29 heavy (non-hydrogen) atoms. The summed E-state index contributed by atoms with van der Waals surface area (Å²) in [5.74, 6) is -0.371. The van der Waals surface area contributed by atoms with Gasteiger partial charge in [0, 0.05) is 18.5 Å². The SMILES string of the molecule is O=C(NN(Cc1ccccc1)Cc1ccccc1)c1n[nH]c(=O)c2ccccc12. The molecule has 0 saturated heterocycles. The minimum atomic E-state index is -0.371. The van der Waals surface area contributed by atoms with Crippen molar-refractivity contribution >= 4 is 16.7 Å². The van der Waals surface area contributed by atoms with Crippen molar-refractivity contribution < 1.29 is 4.79 Å². The standard InChI is InChI=1S/C23H20N4O2/c28-22-20-14-8-7-13-19(20)21(24-25-22)23(29)26-27(15-17-9-3-1-4-10-17)16-18-11-5-2-6-12-18/h1-14H,15-16H2,(H,25,28)(H,26,29). The van der Waals surface area contributed by atoms with Gasteiger partial charge in [-0.3, -0.25) is 15.0 Å². The smallest absolute Gasteiger partial charge is 0.283 e. The van der Waals surface area contributed by atoms with E-state index < -0.39 is 0 Å². The number of hydrazine groups is 1. The lowest BCUT2D eigenvalue weighted by molar-refractivity contribution is 0.0754. The molecule has 0 radical (unpaired) electrons. The Morgan fingerprint density at radius 1 is 0.793 bits per heavy atom. The molecule has 4 rings (SSSR count). The highest BCUT2D eigenvalue weighted by atomic mass is 16.2. The molecule has 6 heteroatoms. The minimum Gasteiger partial charge on any atom is -0.283 e. The Morgan fingerprint density at radius 3 is 1.90 bits per heavy atom. The summed E-state index contributed by atoms with van der Waals surface area (Å²) >= 11 is 0. The summed E-state index contributed by atoms with van der Waals surface area (Å²) in [6.07, 6.45) is 0. The lowest BCUT2D eigenvalue weighted by atomic mass is 10.1. The second-order valence-corrected chi connectivity index (χ2v) is 6.72. The predicted octanol–water partition coefficient (Wildman–Crippen LogP) is 3.27. The summed E-state index contributed by atoms with van der Waals surface area (Å²) in [6, 6.07) is 26.8. The number of amides is 1. The summed E-state index contributed by atoms with van der Waals surface area (Å²) in [5, 5.41) is 9.21. The summed E-state index contributed by atoms with van der Waals surface area (Å²) < 4.78 is 0. The van der Waals surface area contributed by atoms with Crippen LogP contribution in [0.15, 0.2) is 89.7 Å². The van der Waals surface area contributed by atoms with Crippen molar-refractivity contribution in [2.75, 3.05) is 0 Å². The molecule has 144 valence electrons. The first-order valence-corrected chi connectivity index (χ1v) is 9.32. The van der Waals surface area contributed by atoms with Crippen molar-refractivity contribution in [1.82, 2.24) is 20.6 Å². The summed E-state index contributed by atoms with van der Waals surface area (Å²) in [4.78, 5) is 25.0. The first kappa shape index (κ1) is 18.6. The third-order valence-electron chi connectivity index (χ3n) is 4.60. The molecule has 0 atom stereocenters. The maximum Gasteiger partial charge on any atom is 0.286 e. The third kappa shape index (κ3) is 4.39. The van der Waals surface area contributed by atoms with Crippen LogP contribution in [0.3, 0.4) is 0 Å². The molecule has 2 N–H and O–H groups in total. The number of aromatic amines is 1. The Kier molecular flexibility index (Phi) is 5.45. The fraction of sp³-hybridized carbons (Fsp3) is 0.0870. The number of benzene rings is 3. The lowest BCUT2D eigenvalue weighted by Crippen LogP contribution is -2.42. The Hall–Kier alpha value is -3.77. The van der Waals surface area contributed by atoms with Crippen molar-refractivity contribution in [3.05, 3.63) is 112 Å². The van der Waals surface area contributed by atoms with E-state index in [0.29, 0.717) is 23.9 Å². The summed E-state index contributed by atoms with van der Waals surface area (Å²) in [7, 11) is 0. The third-order valence-corrected chi connectivity index (χ3v) is 4.60. The van der Waals surface area contributed by atoms with Gasteiger partial charge in [-0.1, -0.05) is 78.9 Å². The molecular weight excluding hydrogens is 364 g/mol. The first-order valence-electron chi connectivity index (χ1n) is 9.32. The van der Waals surface area contributed by atoms with E-state index in [0.717, 1.165) is 11.1 Å². The van der Waals surface area contributed by atoms with Crippen LogP contribution in [0.1, 0.15) is 21.6 Å². The van der Waals surface area contributed by atoms with E-state index in [1.165, 1.54) is 0 Å². The van der Waals surface area contributed by atoms with E-state index in [1.54, 1.807) is 24.3 Å².